The first-order valence-corrected chi connectivity index (χ1v) is 8.98. The van der Waals surface area contributed by atoms with Crippen LogP contribution in [0, 0.1) is 28.6 Å². The molecule has 0 spiro atoms. The van der Waals surface area contributed by atoms with Crippen LogP contribution in [0.25, 0.3) is 0 Å². The van der Waals surface area contributed by atoms with E-state index in [1.807, 2.05) is 0 Å². The zero-order valence-corrected chi connectivity index (χ0v) is 16.6. The molecule has 0 saturated carbocycles. The first-order chi connectivity index (χ1) is 9.33. The summed E-state index contributed by atoms with van der Waals surface area (Å²) in [7, 11) is 0. The van der Waals surface area contributed by atoms with Crippen LogP contribution >= 0.6 is 0 Å². The Morgan fingerprint density at radius 1 is 0.762 bits per heavy atom. The molecule has 2 unspecified atom stereocenters. The highest BCUT2D eigenvalue weighted by Gasteiger charge is 2.27. The smallest absolute Gasteiger partial charge is 0.0254 e. The van der Waals surface area contributed by atoms with Gasteiger partial charge in [0.1, 0.15) is 0 Å². The second-order valence-corrected chi connectivity index (χ2v) is 9.87. The molecule has 0 fully saturated rings. The zero-order valence-electron chi connectivity index (χ0n) is 16.6. The van der Waals surface area contributed by atoms with Crippen LogP contribution in [0.15, 0.2) is 11.6 Å². The van der Waals surface area contributed by atoms with Crippen molar-refractivity contribution in [1.82, 2.24) is 0 Å². The van der Waals surface area contributed by atoms with E-state index >= 15 is 0 Å². The molecule has 21 heavy (non-hydrogen) atoms. The van der Waals surface area contributed by atoms with Crippen LogP contribution in [-0.4, -0.2) is 0 Å². The fraction of sp³-hybridized carbons (Fsp3) is 0.905. The molecule has 0 aromatic heterocycles. The van der Waals surface area contributed by atoms with Gasteiger partial charge in [-0.2, -0.15) is 0 Å². The number of hydrogen-bond donors (Lipinski definition) is 0. The molecule has 0 heterocycles. The Morgan fingerprint density at radius 3 is 1.57 bits per heavy atom. The Bertz CT molecular complexity index is 313. The maximum Gasteiger partial charge on any atom is -0.0254 e. The van der Waals surface area contributed by atoms with Crippen LogP contribution in [-0.2, 0) is 0 Å². The molecule has 0 heteroatoms. The molecule has 0 aliphatic carbocycles. The molecule has 0 saturated heterocycles. The van der Waals surface area contributed by atoms with Crippen LogP contribution in [0.1, 0.15) is 94.9 Å². The molecule has 0 aliphatic rings. The van der Waals surface area contributed by atoms with Crippen LogP contribution < -0.4 is 0 Å². The molecule has 0 aromatic rings. The summed E-state index contributed by atoms with van der Waals surface area (Å²) in [4.78, 5) is 0. The summed E-state index contributed by atoms with van der Waals surface area (Å²) >= 11 is 0. The lowest BCUT2D eigenvalue weighted by atomic mass is 9.71. The first kappa shape index (κ1) is 20.7. The standard InChI is InChI=1S/C21H42/c1-16(2)11-18(5)13-21(9,10)15-19(6)14-20(7,8)12-17(3)4/h11,17-19H,12-15H2,1-10H3. The third-order valence-electron chi connectivity index (χ3n) is 4.26. The minimum atomic E-state index is 0.443. The van der Waals surface area contributed by atoms with Crippen molar-refractivity contribution in [2.45, 2.75) is 94.9 Å². The van der Waals surface area contributed by atoms with Gasteiger partial charge in [0.15, 0.2) is 0 Å². The van der Waals surface area contributed by atoms with E-state index in [0.29, 0.717) is 16.7 Å². The third kappa shape index (κ3) is 11.0. The van der Waals surface area contributed by atoms with Gasteiger partial charge in [-0.3, -0.25) is 0 Å². The monoisotopic (exact) mass is 294 g/mol. The molecule has 0 aromatic carbocycles. The number of rotatable bonds is 9. The van der Waals surface area contributed by atoms with Crippen molar-refractivity contribution in [1.29, 1.82) is 0 Å². The van der Waals surface area contributed by atoms with Crippen LogP contribution in [0.5, 0.6) is 0 Å². The van der Waals surface area contributed by atoms with E-state index in [9.17, 15) is 0 Å². The lowest BCUT2D eigenvalue weighted by Crippen LogP contribution is -2.23. The van der Waals surface area contributed by atoms with Gasteiger partial charge >= 0.3 is 0 Å². The highest BCUT2D eigenvalue weighted by molar-refractivity contribution is 4.97. The third-order valence-corrected chi connectivity index (χ3v) is 4.26. The molecule has 0 nitrogen and oxygen atoms in total. The average molecular weight is 295 g/mol. The minimum absolute atomic E-state index is 0.443. The van der Waals surface area contributed by atoms with Crippen LogP contribution in [0.2, 0.25) is 0 Å². The molecule has 0 radical (unpaired) electrons. The molecular formula is C21H42. The van der Waals surface area contributed by atoms with E-state index in [1.165, 1.54) is 31.3 Å². The van der Waals surface area contributed by atoms with Crippen molar-refractivity contribution in [2.75, 3.05) is 0 Å². The first-order valence-electron chi connectivity index (χ1n) is 8.98. The number of hydrogen-bond acceptors (Lipinski definition) is 0. The second kappa shape index (κ2) is 8.39. The second-order valence-electron chi connectivity index (χ2n) is 9.87. The van der Waals surface area contributed by atoms with Gasteiger partial charge in [-0.1, -0.05) is 67.0 Å². The fourth-order valence-electron chi connectivity index (χ4n) is 4.73. The van der Waals surface area contributed by atoms with E-state index in [2.05, 4.69) is 75.3 Å². The summed E-state index contributed by atoms with van der Waals surface area (Å²) in [5, 5.41) is 0. The molecule has 126 valence electrons. The van der Waals surface area contributed by atoms with Gasteiger partial charge in [0, 0.05) is 0 Å². The van der Waals surface area contributed by atoms with Crippen molar-refractivity contribution in [3.63, 3.8) is 0 Å². The lowest BCUT2D eigenvalue weighted by Gasteiger charge is -2.35. The van der Waals surface area contributed by atoms with Crippen molar-refractivity contribution in [3.8, 4) is 0 Å². The van der Waals surface area contributed by atoms with E-state index in [4.69, 9.17) is 0 Å². The molecule has 0 amide bonds. The van der Waals surface area contributed by atoms with Crippen molar-refractivity contribution in [2.24, 2.45) is 28.6 Å². The summed E-state index contributed by atoms with van der Waals surface area (Å²) in [5.41, 5.74) is 2.37. The Hall–Kier alpha value is -0.260. The van der Waals surface area contributed by atoms with Crippen molar-refractivity contribution < 1.29 is 0 Å². The summed E-state index contributed by atoms with van der Waals surface area (Å²) < 4.78 is 0. The van der Waals surface area contributed by atoms with Crippen LogP contribution in [0.3, 0.4) is 0 Å². The molecular weight excluding hydrogens is 252 g/mol. The van der Waals surface area contributed by atoms with Gasteiger partial charge in [0.25, 0.3) is 0 Å². The SMILES string of the molecule is CC(C)=CC(C)CC(C)(C)CC(C)CC(C)(C)CC(C)C. The van der Waals surface area contributed by atoms with Gasteiger partial charge in [0.05, 0.1) is 0 Å². The minimum Gasteiger partial charge on any atom is -0.0830 e. The lowest BCUT2D eigenvalue weighted by molar-refractivity contribution is 0.170. The van der Waals surface area contributed by atoms with E-state index in [-0.39, 0.29) is 0 Å². The summed E-state index contributed by atoms with van der Waals surface area (Å²) in [6.07, 6.45) is 7.76. The maximum atomic E-state index is 2.45. The predicted octanol–water partition coefficient (Wildman–Crippen LogP) is 7.49. The molecule has 0 bridgehead atoms. The Balaban J connectivity index is 4.47. The average Bonchev–Trinajstić information content (AvgIpc) is 2.07. The Labute approximate surface area is 135 Å². The molecule has 0 rings (SSSR count). The maximum absolute atomic E-state index is 2.45. The highest BCUT2D eigenvalue weighted by atomic mass is 14.3. The summed E-state index contributed by atoms with van der Waals surface area (Å²) in [6, 6.07) is 0. The van der Waals surface area contributed by atoms with E-state index < -0.39 is 0 Å². The molecule has 0 aliphatic heterocycles. The van der Waals surface area contributed by atoms with E-state index in [1.54, 1.807) is 0 Å². The normalized spacial score (nSPS) is 16.0. The number of allylic oxidation sites excluding steroid dienone is 2. The van der Waals surface area contributed by atoms with Gasteiger partial charge in [-0.15, -0.1) is 0 Å². The highest BCUT2D eigenvalue weighted by Crippen LogP contribution is 2.39. The van der Waals surface area contributed by atoms with Crippen molar-refractivity contribution in [3.05, 3.63) is 11.6 Å². The van der Waals surface area contributed by atoms with E-state index in [0.717, 1.165) is 11.8 Å². The fourth-order valence-corrected chi connectivity index (χ4v) is 4.73. The van der Waals surface area contributed by atoms with Gasteiger partial charge < -0.3 is 0 Å². The Morgan fingerprint density at radius 2 is 1.19 bits per heavy atom. The van der Waals surface area contributed by atoms with Crippen LogP contribution in [0.4, 0.5) is 0 Å². The van der Waals surface area contributed by atoms with Gasteiger partial charge in [-0.05, 0) is 68.1 Å². The van der Waals surface area contributed by atoms with Gasteiger partial charge in [0.2, 0.25) is 0 Å². The topological polar surface area (TPSA) is 0 Å². The largest absolute Gasteiger partial charge is 0.0830 e. The van der Waals surface area contributed by atoms with Crippen molar-refractivity contribution >= 4 is 0 Å². The molecule has 0 N–H and O–H groups in total. The quantitative estimate of drug-likeness (QED) is 0.386. The summed E-state index contributed by atoms with van der Waals surface area (Å²) in [6.45, 7) is 23.7. The zero-order chi connectivity index (χ0) is 16.8. The molecule has 2 atom stereocenters. The predicted molar refractivity (Wildman–Crippen MR) is 98.6 cm³/mol. The van der Waals surface area contributed by atoms with Gasteiger partial charge in [-0.25, -0.2) is 0 Å². The Kier molecular flexibility index (Phi) is 8.29. The summed E-state index contributed by atoms with van der Waals surface area (Å²) in [5.74, 6) is 2.31.